The fourth-order valence-electron chi connectivity index (χ4n) is 2.59. The molecule has 2 nitrogen and oxygen atoms in total. The summed E-state index contributed by atoms with van der Waals surface area (Å²) in [6.07, 6.45) is 1.84. The van der Waals surface area contributed by atoms with Gasteiger partial charge in [-0.3, -0.25) is 4.98 Å². The monoisotopic (exact) mass is 418 g/mol. The summed E-state index contributed by atoms with van der Waals surface area (Å²) in [6.45, 7) is 8.53. The van der Waals surface area contributed by atoms with E-state index < -0.39 is 0 Å². The molecule has 0 fully saturated rings. The molecule has 4 heteroatoms. The summed E-state index contributed by atoms with van der Waals surface area (Å²) in [7, 11) is 0. The third kappa shape index (κ3) is 6.91. The number of thioether (sulfide) groups is 1. The van der Waals surface area contributed by atoms with Crippen molar-refractivity contribution in [3.63, 3.8) is 0 Å². The second-order valence-corrected chi connectivity index (χ2v) is 9.84. The van der Waals surface area contributed by atoms with Gasteiger partial charge in [-0.2, -0.15) is 0 Å². The van der Waals surface area contributed by atoms with Crippen LogP contribution in [-0.4, -0.2) is 15.2 Å². The van der Waals surface area contributed by atoms with E-state index in [1.807, 2.05) is 30.5 Å². The van der Waals surface area contributed by atoms with Crippen LogP contribution in [0.3, 0.4) is 0 Å². The molecule has 0 saturated heterocycles. The van der Waals surface area contributed by atoms with E-state index in [2.05, 4.69) is 86.2 Å². The Labute approximate surface area is 182 Å². The van der Waals surface area contributed by atoms with Crippen molar-refractivity contribution in [1.29, 1.82) is 0 Å². The Kier molecular flexibility index (Phi) is 7.73. The van der Waals surface area contributed by atoms with Crippen LogP contribution in [0.25, 0.3) is 11.0 Å². The molecule has 0 aliphatic rings. The Balaban J connectivity index is 0.000000166. The fraction of sp³-hybridized carbons (Fsp3) is 0.200. The topological polar surface area (TPSA) is 25.8 Å². The molecule has 0 saturated carbocycles. The van der Waals surface area contributed by atoms with Crippen LogP contribution >= 0.6 is 23.5 Å². The van der Waals surface area contributed by atoms with Crippen molar-refractivity contribution in [3.8, 4) is 0 Å². The van der Waals surface area contributed by atoms with Gasteiger partial charge in [0, 0.05) is 15.0 Å². The molecule has 0 amide bonds. The Morgan fingerprint density at radius 2 is 1.21 bits per heavy atom. The predicted octanol–water partition coefficient (Wildman–Crippen LogP) is 7.58. The Morgan fingerprint density at radius 3 is 1.72 bits per heavy atom. The molecule has 4 rings (SSSR count). The summed E-state index contributed by atoms with van der Waals surface area (Å²) in [5, 5.41) is 1.55. The van der Waals surface area contributed by atoms with E-state index in [0.717, 1.165) is 16.1 Å². The zero-order valence-electron chi connectivity index (χ0n) is 17.3. The van der Waals surface area contributed by atoms with E-state index >= 15 is 0 Å². The average Bonchev–Trinajstić information content (AvgIpc) is 2.71. The van der Waals surface area contributed by atoms with E-state index in [1.165, 1.54) is 20.9 Å². The molecule has 0 N–H and O–H groups in total. The molecule has 0 radical (unpaired) electrons. The lowest BCUT2D eigenvalue weighted by Gasteiger charge is -2.03. The minimum Gasteiger partial charge on any atom is -0.252 e. The molecule has 0 spiro atoms. The van der Waals surface area contributed by atoms with Crippen LogP contribution in [0.1, 0.15) is 25.0 Å². The molecular weight excluding hydrogens is 392 g/mol. The number of aryl methyl sites for hydroxylation is 2. The molecule has 0 aliphatic heterocycles. The number of fused-ring (bicyclic) bond motifs is 1. The van der Waals surface area contributed by atoms with Crippen LogP contribution in [0.15, 0.2) is 93.8 Å². The van der Waals surface area contributed by atoms with E-state index in [9.17, 15) is 0 Å². The second-order valence-electron chi connectivity index (χ2n) is 7.09. The fourth-order valence-corrected chi connectivity index (χ4v) is 4.15. The van der Waals surface area contributed by atoms with Gasteiger partial charge in [0.15, 0.2) is 0 Å². The smallest absolute Gasteiger partial charge is 0.115 e. The van der Waals surface area contributed by atoms with Crippen molar-refractivity contribution in [2.45, 2.75) is 47.8 Å². The maximum absolute atomic E-state index is 4.52. The SMILES string of the molecule is CC(C)Sc1cnc2ccccc2n1.Cc1ccc(Sc2ccc(C)cc2)cc1. The standard InChI is InChI=1S/C14H14S.C11H12N2S/c1-11-3-7-13(8-4-11)15-14-9-5-12(2)6-10-14;1-8(2)14-11-7-12-9-5-3-4-6-10(9)13-11/h3-10H,1-2H3;3-8H,1-2H3. The zero-order chi connectivity index (χ0) is 20.6. The number of aromatic nitrogens is 2. The number of rotatable bonds is 4. The first-order valence-corrected chi connectivity index (χ1v) is 11.4. The molecule has 0 bridgehead atoms. The first-order valence-electron chi connectivity index (χ1n) is 9.69. The minimum atomic E-state index is 0.547. The summed E-state index contributed by atoms with van der Waals surface area (Å²) in [5.41, 5.74) is 4.55. The predicted molar refractivity (Wildman–Crippen MR) is 127 cm³/mol. The molecule has 1 aromatic heterocycles. The van der Waals surface area contributed by atoms with Crippen LogP contribution in [0.2, 0.25) is 0 Å². The van der Waals surface area contributed by atoms with Gasteiger partial charge in [-0.05, 0) is 50.2 Å². The van der Waals surface area contributed by atoms with E-state index in [1.54, 1.807) is 23.5 Å². The van der Waals surface area contributed by atoms with Gasteiger partial charge in [0.25, 0.3) is 0 Å². The van der Waals surface area contributed by atoms with Crippen molar-refractivity contribution in [2.24, 2.45) is 0 Å². The highest BCUT2D eigenvalue weighted by atomic mass is 32.2. The van der Waals surface area contributed by atoms with Gasteiger partial charge in [0.05, 0.1) is 17.2 Å². The van der Waals surface area contributed by atoms with Crippen LogP contribution in [0.4, 0.5) is 0 Å². The lowest BCUT2D eigenvalue weighted by molar-refractivity contribution is 1.07. The Hall–Kier alpha value is -2.30. The summed E-state index contributed by atoms with van der Waals surface area (Å²) >= 11 is 3.54. The minimum absolute atomic E-state index is 0.547. The van der Waals surface area contributed by atoms with Crippen molar-refractivity contribution in [2.75, 3.05) is 0 Å². The quantitative estimate of drug-likeness (QED) is 0.319. The molecule has 0 aliphatic carbocycles. The lowest BCUT2D eigenvalue weighted by Crippen LogP contribution is -1.91. The van der Waals surface area contributed by atoms with Gasteiger partial charge in [-0.25, -0.2) is 4.98 Å². The van der Waals surface area contributed by atoms with Crippen molar-refractivity contribution in [1.82, 2.24) is 9.97 Å². The van der Waals surface area contributed by atoms with Gasteiger partial charge in [0.2, 0.25) is 0 Å². The number of nitrogens with zero attached hydrogens (tertiary/aromatic N) is 2. The highest BCUT2D eigenvalue weighted by molar-refractivity contribution is 7.99. The summed E-state index contributed by atoms with van der Waals surface area (Å²) < 4.78 is 0. The van der Waals surface area contributed by atoms with Crippen molar-refractivity contribution < 1.29 is 0 Å². The highest BCUT2D eigenvalue weighted by Crippen LogP contribution is 2.27. The van der Waals surface area contributed by atoms with E-state index in [4.69, 9.17) is 0 Å². The maximum Gasteiger partial charge on any atom is 0.115 e. The molecule has 0 atom stereocenters. The third-order valence-electron chi connectivity index (χ3n) is 4.06. The van der Waals surface area contributed by atoms with Gasteiger partial charge in [-0.1, -0.05) is 73.1 Å². The van der Waals surface area contributed by atoms with Crippen molar-refractivity contribution >= 4 is 34.6 Å². The highest BCUT2D eigenvalue weighted by Gasteiger charge is 2.01. The van der Waals surface area contributed by atoms with Crippen LogP contribution in [0.5, 0.6) is 0 Å². The van der Waals surface area contributed by atoms with Crippen LogP contribution < -0.4 is 0 Å². The molecule has 1 heterocycles. The zero-order valence-corrected chi connectivity index (χ0v) is 18.9. The molecule has 0 unspecified atom stereocenters. The van der Waals surface area contributed by atoms with Gasteiger partial charge in [-0.15, -0.1) is 11.8 Å². The normalized spacial score (nSPS) is 10.7. The van der Waals surface area contributed by atoms with Crippen molar-refractivity contribution in [3.05, 3.63) is 90.1 Å². The number of hydrogen-bond acceptors (Lipinski definition) is 4. The molecule has 148 valence electrons. The first kappa shape index (κ1) is 21.4. The summed E-state index contributed by atoms with van der Waals surface area (Å²) in [5.74, 6) is 0. The summed E-state index contributed by atoms with van der Waals surface area (Å²) in [4.78, 5) is 11.5. The van der Waals surface area contributed by atoms with E-state index in [-0.39, 0.29) is 0 Å². The number of benzene rings is 3. The Bertz CT molecular complexity index is 999. The second kappa shape index (κ2) is 10.5. The molecule has 4 aromatic rings. The largest absolute Gasteiger partial charge is 0.252 e. The average molecular weight is 419 g/mol. The van der Waals surface area contributed by atoms with Gasteiger partial charge < -0.3 is 0 Å². The van der Waals surface area contributed by atoms with Gasteiger partial charge in [0.1, 0.15) is 5.03 Å². The molecular formula is C25H26N2S2. The van der Waals surface area contributed by atoms with Gasteiger partial charge >= 0.3 is 0 Å². The van der Waals surface area contributed by atoms with E-state index in [0.29, 0.717) is 5.25 Å². The molecule has 29 heavy (non-hydrogen) atoms. The maximum atomic E-state index is 4.52. The van der Waals surface area contributed by atoms with Crippen LogP contribution in [-0.2, 0) is 0 Å². The Morgan fingerprint density at radius 1 is 0.690 bits per heavy atom. The molecule has 3 aromatic carbocycles. The third-order valence-corrected chi connectivity index (χ3v) is 5.99. The first-order chi connectivity index (χ1) is 14.0. The van der Waals surface area contributed by atoms with Crippen LogP contribution in [0, 0.1) is 13.8 Å². The number of para-hydroxylation sites is 2. The summed E-state index contributed by atoms with van der Waals surface area (Å²) in [6, 6.07) is 25.2. The number of hydrogen-bond donors (Lipinski definition) is 0. The lowest BCUT2D eigenvalue weighted by atomic mass is 10.2.